The number of amides is 2. The minimum atomic E-state index is -0.195. The minimum Gasteiger partial charge on any atom is -0.493 e. The zero-order valence-corrected chi connectivity index (χ0v) is 16.9. The Morgan fingerprint density at radius 3 is 2.50 bits per heavy atom. The molecule has 6 heteroatoms. The number of allylic oxidation sites excluding steroid dienone is 1. The fourth-order valence-electron chi connectivity index (χ4n) is 3.90. The number of ether oxygens (including phenoxy) is 2. The summed E-state index contributed by atoms with van der Waals surface area (Å²) in [6.07, 6.45) is 8.62. The summed E-state index contributed by atoms with van der Waals surface area (Å²) in [5.74, 6) is 1.04. The molecule has 1 aliphatic carbocycles. The van der Waals surface area contributed by atoms with Crippen LogP contribution >= 0.6 is 0 Å². The van der Waals surface area contributed by atoms with Crippen molar-refractivity contribution < 1.29 is 19.1 Å². The molecule has 2 aliphatic rings. The summed E-state index contributed by atoms with van der Waals surface area (Å²) in [5, 5.41) is 2.89. The van der Waals surface area contributed by atoms with Crippen LogP contribution in [0.5, 0.6) is 11.5 Å². The van der Waals surface area contributed by atoms with Gasteiger partial charge in [0.25, 0.3) is 0 Å². The lowest BCUT2D eigenvalue weighted by atomic mass is 9.97. The van der Waals surface area contributed by atoms with Crippen LogP contribution in [0.2, 0.25) is 0 Å². The quantitative estimate of drug-likeness (QED) is 0.578. The summed E-state index contributed by atoms with van der Waals surface area (Å²) in [5.41, 5.74) is 3.63. The second kappa shape index (κ2) is 9.62. The number of hydrogen-bond acceptors (Lipinski definition) is 4. The molecule has 1 aliphatic heterocycles. The molecule has 0 unspecified atom stereocenters. The van der Waals surface area contributed by atoms with E-state index in [1.165, 1.54) is 18.4 Å². The Morgan fingerprint density at radius 2 is 1.82 bits per heavy atom. The summed E-state index contributed by atoms with van der Waals surface area (Å²) in [6.45, 7) is 1.72. The number of carbonyl (C=O) groups excluding carboxylic acids is 2. The smallest absolute Gasteiger partial charge is 0.232 e. The number of hydrogen-bond donors (Lipinski definition) is 1. The molecule has 28 heavy (non-hydrogen) atoms. The Morgan fingerprint density at radius 1 is 1.07 bits per heavy atom. The summed E-state index contributed by atoms with van der Waals surface area (Å²) in [4.78, 5) is 26.5. The van der Waals surface area contributed by atoms with Crippen molar-refractivity contribution in [2.75, 3.05) is 27.3 Å². The van der Waals surface area contributed by atoms with Gasteiger partial charge in [-0.2, -0.15) is 0 Å². The number of nitrogens with zero attached hydrogens (tertiary/aromatic N) is 1. The monoisotopic (exact) mass is 386 g/mol. The first-order valence-electron chi connectivity index (χ1n) is 10.1. The summed E-state index contributed by atoms with van der Waals surface area (Å²) >= 11 is 0. The third kappa shape index (κ3) is 5.06. The molecule has 1 aromatic carbocycles. The van der Waals surface area contributed by atoms with E-state index in [4.69, 9.17) is 9.47 Å². The highest BCUT2D eigenvalue weighted by atomic mass is 16.5. The molecule has 0 spiro atoms. The zero-order valence-electron chi connectivity index (χ0n) is 16.9. The average molecular weight is 386 g/mol. The second-order valence-electron chi connectivity index (χ2n) is 7.43. The molecule has 0 aromatic heterocycles. The van der Waals surface area contributed by atoms with Crippen molar-refractivity contribution >= 4 is 11.8 Å². The number of nitrogens with one attached hydrogen (secondary N) is 1. The molecule has 0 atom stereocenters. The largest absolute Gasteiger partial charge is 0.493 e. The molecule has 1 N–H and O–H groups in total. The summed E-state index contributed by atoms with van der Waals surface area (Å²) < 4.78 is 10.7. The van der Waals surface area contributed by atoms with E-state index in [2.05, 4.69) is 11.4 Å². The maximum absolute atomic E-state index is 12.6. The van der Waals surface area contributed by atoms with Gasteiger partial charge in [-0.05, 0) is 61.8 Å². The highest BCUT2D eigenvalue weighted by molar-refractivity contribution is 5.97. The molecule has 0 bridgehead atoms. The summed E-state index contributed by atoms with van der Waals surface area (Å²) in [6, 6.07) is 3.90. The molecule has 0 saturated carbocycles. The average Bonchev–Trinajstić information content (AvgIpc) is 2.72. The minimum absolute atomic E-state index is 0.0956. The van der Waals surface area contributed by atoms with E-state index in [1.807, 2.05) is 12.1 Å². The molecule has 0 radical (unpaired) electrons. The van der Waals surface area contributed by atoms with Gasteiger partial charge >= 0.3 is 0 Å². The highest BCUT2D eigenvalue weighted by Gasteiger charge is 2.24. The van der Waals surface area contributed by atoms with Crippen molar-refractivity contribution in [2.45, 2.75) is 51.5 Å². The molecule has 152 valence electrons. The normalized spacial score (nSPS) is 16.1. The van der Waals surface area contributed by atoms with Crippen LogP contribution in [0.3, 0.4) is 0 Å². The molecule has 6 nitrogen and oxygen atoms in total. The maximum atomic E-state index is 12.6. The van der Waals surface area contributed by atoms with Gasteiger partial charge in [-0.15, -0.1) is 0 Å². The number of fused-ring (bicyclic) bond motifs is 1. The third-order valence-electron chi connectivity index (χ3n) is 5.54. The van der Waals surface area contributed by atoms with Crippen molar-refractivity contribution in [1.29, 1.82) is 0 Å². The number of carbonyl (C=O) groups is 2. The van der Waals surface area contributed by atoms with Crippen LogP contribution in [-0.4, -0.2) is 44.0 Å². The number of benzene rings is 1. The van der Waals surface area contributed by atoms with Crippen LogP contribution < -0.4 is 14.8 Å². The molecule has 0 saturated heterocycles. The second-order valence-corrected chi connectivity index (χ2v) is 7.43. The van der Waals surface area contributed by atoms with E-state index in [-0.39, 0.29) is 18.2 Å². The first-order valence-corrected chi connectivity index (χ1v) is 10.1. The van der Waals surface area contributed by atoms with Crippen LogP contribution in [0.25, 0.3) is 0 Å². The Kier molecular flexibility index (Phi) is 6.95. The number of rotatable bonds is 7. The third-order valence-corrected chi connectivity index (χ3v) is 5.54. The lowest BCUT2D eigenvalue weighted by molar-refractivity contribution is -0.136. The predicted octanol–water partition coefficient (Wildman–Crippen LogP) is 2.99. The Bertz CT molecular complexity index is 757. The molecular formula is C22H30N2O4. The van der Waals surface area contributed by atoms with E-state index < -0.39 is 0 Å². The molecule has 2 amide bonds. The van der Waals surface area contributed by atoms with Gasteiger partial charge in [-0.3, -0.25) is 9.59 Å². The van der Waals surface area contributed by atoms with Gasteiger partial charge in [0.15, 0.2) is 11.5 Å². The predicted molar refractivity (Wildman–Crippen MR) is 107 cm³/mol. The van der Waals surface area contributed by atoms with E-state index >= 15 is 0 Å². The van der Waals surface area contributed by atoms with Gasteiger partial charge in [-0.1, -0.05) is 11.6 Å². The van der Waals surface area contributed by atoms with Crippen molar-refractivity contribution in [3.05, 3.63) is 34.9 Å². The first-order chi connectivity index (χ1) is 13.6. The SMILES string of the molecule is COc1cc2c(cc1OC)CN(C(=O)CC(=O)NCCC1=CCCCC1)CC2. The standard InChI is InChI=1S/C22H30N2O4/c1-27-19-12-17-9-11-24(15-18(17)13-20(19)28-2)22(26)14-21(25)23-10-8-16-6-4-3-5-7-16/h6,12-13H,3-5,7-11,14-15H2,1-2H3,(H,23,25). The van der Waals surface area contributed by atoms with Crippen LogP contribution in [0.15, 0.2) is 23.8 Å². The topological polar surface area (TPSA) is 67.9 Å². The van der Waals surface area contributed by atoms with Crippen LogP contribution in [0, 0.1) is 0 Å². The van der Waals surface area contributed by atoms with E-state index in [9.17, 15) is 9.59 Å². The van der Waals surface area contributed by atoms with Crippen LogP contribution in [0.4, 0.5) is 0 Å². The van der Waals surface area contributed by atoms with Gasteiger partial charge in [0.05, 0.1) is 14.2 Å². The zero-order chi connectivity index (χ0) is 19.9. The summed E-state index contributed by atoms with van der Waals surface area (Å²) in [7, 11) is 3.22. The van der Waals surface area contributed by atoms with Crippen LogP contribution in [-0.2, 0) is 22.6 Å². The Labute approximate surface area is 166 Å². The van der Waals surface area contributed by atoms with E-state index in [0.29, 0.717) is 31.1 Å². The lowest BCUT2D eigenvalue weighted by Crippen LogP contribution is -2.39. The fraction of sp³-hybridized carbons (Fsp3) is 0.545. The lowest BCUT2D eigenvalue weighted by Gasteiger charge is -2.29. The highest BCUT2D eigenvalue weighted by Crippen LogP contribution is 2.33. The van der Waals surface area contributed by atoms with Crippen LogP contribution in [0.1, 0.15) is 49.7 Å². The van der Waals surface area contributed by atoms with Gasteiger partial charge in [0.1, 0.15) is 6.42 Å². The maximum Gasteiger partial charge on any atom is 0.232 e. The molecule has 1 aromatic rings. The first kappa shape index (κ1) is 20.2. The molecular weight excluding hydrogens is 356 g/mol. The Hall–Kier alpha value is -2.50. The van der Waals surface area contributed by atoms with Crippen molar-refractivity contribution in [2.24, 2.45) is 0 Å². The Balaban J connectivity index is 1.50. The molecule has 1 heterocycles. The van der Waals surface area contributed by atoms with Gasteiger partial charge in [0, 0.05) is 19.6 Å². The molecule has 0 fully saturated rings. The number of methoxy groups -OCH3 is 2. The van der Waals surface area contributed by atoms with Gasteiger partial charge in [-0.25, -0.2) is 0 Å². The van der Waals surface area contributed by atoms with E-state index in [1.54, 1.807) is 19.1 Å². The van der Waals surface area contributed by atoms with Crippen molar-refractivity contribution in [3.8, 4) is 11.5 Å². The fourth-order valence-corrected chi connectivity index (χ4v) is 3.90. The van der Waals surface area contributed by atoms with E-state index in [0.717, 1.165) is 36.8 Å². The van der Waals surface area contributed by atoms with Gasteiger partial charge in [0.2, 0.25) is 11.8 Å². The van der Waals surface area contributed by atoms with Crippen molar-refractivity contribution in [3.63, 3.8) is 0 Å². The van der Waals surface area contributed by atoms with Crippen molar-refractivity contribution in [1.82, 2.24) is 10.2 Å². The molecule has 3 rings (SSSR count). The van der Waals surface area contributed by atoms with Gasteiger partial charge < -0.3 is 19.7 Å².